The molecule has 6 heteroatoms. The van der Waals surface area contributed by atoms with Crippen molar-refractivity contribution in [1.29, 1.82) is 0 Å². The number of rotatable bonds is 5. The van der Waals surface area contributed by atoms with Gasteiger partial charge in [-0.1, -0.05) is 11.6 Å². The summed E-state index contributed by atoms with van der Waals surface area (Å²) in [6.45, 7) is 0.120. The molecule has 0 saturated carbocycles. The molecule has 3 nitrogen and oxygen atoms in total. The van der Waals surface area contributed by atoms with Crippen molar-refractivity contribution >= 4 is 11.6 Å². The molecule has 2 aromatic carbocycles. The number of hydrogen-bond acceptors (Lipinski definition) is 3. The highest BCUT2D eigenvalue weighted by atomic mass is 35.5. The Hall–Kier alpha value is -1.85. The maximum Gasteiger partial charge on any atom is 0.166 e. The van der Waals surface area contributed by atoms with E-state index in [2.05, 4.69) is 0 Å². The highest BCUT2D eigenvalue weighted by Gasteiger charge is 2.13. The molecule has 0 bridgehead atoms. The van der Waals surface area contributed by atoms with Crippen LogP contribution in [-0.2, 0) is 13.2 Å². The van der Waals surface area contributed by atoms with E-state index in [0.29, 0.717) is 22.1 Å². The number of benzene rings is 2. The summed E-state index contributed by atoms with van der Waals surface area (Å²) in [5, 5.41) is 0.465. The first-order valence-corrected chi connectivity index (χ1v) is 6.56. The Morgan fingerprint density at radius 1 is 1.14 bits per heavy atom. The van der Waals surface area contributed by atoms with E-state index < -0.39 is 11.6 Å². The standard InChI is InChI=1S/C15H14ClF2NO2/c1-20-14-5-11(16)4-10(7-19)15(14)21-8-9-2-3-12(17)6-13(9)18/h2-6H,7-8,19H2,1H3. The summed E-state index contributed by atoms with van der Waals surface area (Å²) >= 11 is 5.95. The van der Waals surface area contributed by atoms with Crippen molar-refractivity contribution < 1.29 is 18.3 Å². The molecule has 0 amide bonds. The van der Waals surface area contributed by atoms with Crippen LogP contribution in [0.15, 0.2) is 30.3 Å². The first kappa shape index (κ1) is 15.5. The quantitative estimate of drug-likeness (QED) is 0.916. The van der Waals surface area contributed by atoms with E-state index in [-0.39, 0.29) is 18.7 Å². The summed E-state index contributed by atoms with van der Waals surface area (Å²) in [7, 11) is 1.47. The lowest BCUT2D eigenvalue weighted by Gasteiger charge is -2.15. The van der Waals surface area contributed by atoms with Crippen LogP contribution in [0.3, 0.4) is 0 Å². The molecular formula is C15H14ClF2NO2. The highest BCUT2D eigenvalue weighted by molar-refractivity contribution is 6.30. The molecule has 0 heterocycles. The maximum atomic E-state index is 13.6. The predicted molar refractivity (Wildman–Crippen MR) is 76.6 cm³/mol. The van der Waals surface area contributed by atoms with Gasteiger partial charge in [0, 0.05) is 34.8 Å². The monoisotopic (exact) mass is 313 g/mol. The zero-order valence-corrected chi connectivity index (χ0v) is 12.1. The number of ether oxygens (including phenoxy) is 2. The van der Waals surface area contributed by atoms with E-state index in [1.54, 1.807) is 12.1 Å². The smallest absolute Gasteiger partial charge is 0.166 e. The minimum absolute atomic E-state index is 0.0723. The van der Waals surface area contributed by atoms with Gasteiger partial charge in [-0.3, -0.25) is 0 Å². The van der Waals surface area contributed by atoms with Crippen LogP contribution in [0.1, 0.15) is 11.1 Å². The van der Waals surface area contributed by atoms with Crippen molar-refractivity contribution in [2.75, 3.05) is 7.11 Å². The second kappa shape index (κ2) is 6.74. The van der Waals surface area contributed by atoms with Crippen LogP contribution >= 0.6 is 11.6 Å². The Bertz CT molecular complexity index is 625. The molecule has 0 radical (unpaired) electrons. The van der Waals surface area contributed by atoms with Crippen molar-refractivity contribution in [2.45, 2.75) is 13.2 Å². The minimum Gasteiger partial charge on any atom is -0.493 e. The fourth-order valence-corrected chi connectivity index (χ4v) is 2.11. The van der Waals surface area contributed by atoms with E-state index in [4.69, 9.17) is 26.8 Å². The first-order valence-electron chi connectivity index (χ1n) is 6.18. The van der Waals surface area contributed by atoms with E-state index in [1.165, 1.54) is 19.2 Å². The third-order valence-corrected chi connectivity index (χ3v) is 3.14. The number of hydrogen-bond donors (Lipinski definition) is 1. The summed E-state index contributed by atoms with van der Waals surface area (Å²) in [5.74, 6) is -0.501. The van der Waals surface area contributed by atoms with Gasteiger partial charge in [-0.15, -0.1) is 0 Å². The first-order chi connectivity index (χ1) is 10.0. The molecule has 2 N–H and O–H groups in total. The molecular weight excluding hydrogens is 300 g/mol. The fraction of sp³-hybridized carbons (Fsp3) is 0.200. The Balaban J connectivity index is 2.26. The molecule has 0 fully saturated rings. The van der Waals surface area contributed by atoms with E-state index in [0.717, 1.165) is 6.07 Å². The van der Waals surface area contributed by atoms with Gasteiger partial charge in [0.1, 0.15) is 18.2 Å². The fourth-order valence-electron chi connectivity index (χ4n) is 1.88. The second-order valence-electron chi connectivity index (χ2n) is 4.32. The summed E-state index contributed by atoms with van der Waals surface area (Å²) in [5.41, 5.74) is 6.52. The zero-order chi connectivity index (χ0) is 15.4. The summed E-state index contributed by atoms with van der Waals surface area (Å²) < 4.78 is 37.2. The van der Waals surface area contributed by atoms with Gasteiger partial charge in [-0.25, -0.2) is 8.78 Å². The van der Waals surface area contributed by atoms with Crippen LogP contribution < -0.4 is 15.2 Å². The lowest BCUT2D eigenvalue weighted by molar-refractivity contribution is 0.276. The van der Waals surface area contributed by atoms with Gasteiger partial charge >= 0.3 is 0 Å². The molecule has 0 spiro atoms. The van der Waals surface area contributed by atoms with Crippen molar-refractivity contribution in [1.82, 2.24) is 0 Å². The molecule has 0 atom stereocenters. The van der Waals surface area contributed by atoms with Crippen molar-refractivity contribution in [3.8, 4) is 11.5 Å². The number of halogens is 3. The average Bonchev–Trinajstić information content (AvgIpc) is 2.46. The molecule has 0 aliphatic carbocycles. The minimum atomic E-state index is -0.669. The van der Waals surface area contributed by atoms with Gasteiger partial charge < -0.3 is 15.2 Å². The van der Waals surface area contributed by atoms with E-state index in [9.17, 15) is 8.78 Å². The van der Waals surface area contributed by atoms with Crippen LogP contribution in [0.4, 0.5) is 8.78 Å². The van der Waals surface area contributed by atoms with Gasteiger partial charge in [0.25, 0.3) is 0 Å². The summed E-state index contributed by atoms with van der Waals surface area (Å²) in [4.78, 5) is 0. The van der Waals surface area contributed by atoms with Crippen LogP contribution in [0, 0.1) is 11.6 Å². The maximum absolute atomic E-state index is 13.6. The third-order valence-electron chi connectivity index (χ3n) is 2.92. The molecule has 0 aliphatic heterocycles. The van der Waals surface area contributed by atoms with Gasteiger partial charge in [0.2, 0.25) is 0 Å². The summed E-state index contributed by atoms with van der Waals surface area (Å²) in [6.07, 6.45) is 0. The summed E-state index contributed by atoms with van der Waals surface area (Å²) in [6, 6.07) is 6.54. The number of methoxy groups -OCH3 is 1. The van der Waals surface area contributed by atoms with Crippen LogP contribution in [-0.4, -0.2) is 7.11 Å². The Labute approximate surface area is 126 Å². The zero-order valence-electron chi connectivity index (χ0n) is 11.3. The Morgan fingerprint density at radius 2 is 1.90 bits per heavy atom. The van der Waals surface area contributed by atoms with Crippen molar-refractivity contribution in [2.24, 2.45) is 5.73 Å². The topological polar surface area (TPSA) is 44.5 Å². The SMILES string of the molecule is COc1cc(Cl)cc(CN)c1OCc1ccc(F)cc1F. The van der Waals surface area contributed by atoms with Gasteiger partial charge in [-0.2, -0.15) is 0 Å². The van der Waals surface area contributed by atoms with Crippen LogP contribution in [0.5, 0.6) is 11.5 Å². The molecule has 0 aromatic heterocycles. The molecule has 0 aliphatic rings. The van der Waals surface area contributed by atoms with Gasteiger partial charge in [-0.05, 0) is 18.2 Å². The molecule has 2 rings (SSSR count). The Kier molecular flexibility index (Phi) is 4.98. The largest absolute Gasteiger partial charge is 0.493 e. The highest BCUT2D eigenvalue weighted by Crippen LogP contribution is 2.35. The molecule has 112 valence electrons. The van der Waals surface area contributed by atoms with Gasteiger partial charge in [0.15, 0.2) is 11.5 Å². The predicted octanol–water partition coefficient (Wildman–Crippen LogP) is 3.66. The van der Waals surface area contributed by atoms with E-state index in [1.807, 2.05) is 0 Å². The van der Waals surface area contributed by atoms with Crippen LogP contribution in [0.2, 0.25) is 5.02 Å². The molecule has 0 unspecified atom stereocenters. The second-order valence-corrected chi connectivity index (χ2v) is 4.76. The average molecular weight is 314 g/mol. The van der Waals surface area contributed by atoms with Crippen molar-refractivity contribution in [3.63, 3.8) is 0 Å². The third kappa shape index (κ3) is 3.62. The van der Waals surface area contributed by atoms with Crippen molar-refractivity contribution in [3.05, 3.63) is 58.1 Å². The molecule has 21 heavy (non-hydrogen) atoms. The molecule has 0 saturated heterocycles. The Morgan fingerprint density at radius 3 is 2.52 bits per heavy atom. The normalized spacial score (nSPS) is 10.5. The van der Waals surface area contributed by atoms with Crippen LogP contribution in [0.25, 0.3) is 0 Å². The van der Waals surface area contributed by atoms with Gasteiger partial charge in [0.05, 0.1) is 7.11 Å². The van der Waals surface area contributed by atoms with E-state index >= 15 is 0 Å². The number of nitrogens with two attached hydrogens (primary N) is 1. The lowest BCUT2D eigenvalue weighted by Crippen LogP contribution is -2.06. The molecule has 2 aromatic rings. The lowest BCUT2D eigenvalue weighted by atomic mass is 10.1.